The predicted molar refractivity (Wildman–Crippen MR) is 67.3 cm³/mol. The van der Waals surface area contributed by atoms with E-state index in [2.05, 4.69) is 0 Å². The van der Waals surface area contributed by atoms with Gasteiger partial charge in [-0.1, -0.05) is 12.1 Å². The van der Waals surface area contributed by atoms with E-state index in [9.17, 15) is 4.79 Å². The lowest BCUT2D eigenvalue weighted by Gasteiger charge is -2.19. The lowest BCUT2D eigenvalue weighted by molar-refractivity contribution is 0.0781. The molecule has 0 aliphatic carbocycles. The fraction of sp³-hybridized carbons (Fsp3) is 0.462. The molecule has 1 aromatic rings. The van der Waals surface area contributed by atoms with Crippen molar-refractivity contribution >= 4 is 6.09 Å². The van der Waals surface area contributed by atoms with Crippen LogP contribution < -0.4 is 10.5 Å². The first kappa shape index (κ1) is 12.7. The largest absolute Gasteiger partial charge is 0.497 e. The average Bonchev–Trinajstić information content (AvgIpc) is 2.66. The van der Waals surface area contributed by atoms with E-state index in [4.69, 9.17) is 15.2 Å². The summed E-state index contributed by atoms with van der Waals surface area (Å²) in [6, 6.07) is 7.62. The third kappa shape index (κ3) is 2.56. The van der Waals surface area contributed by atoms with E-state index in [1.165, 1.54) is 0 Å². The number of ether oxygens (including phenoxy) is 2. The molecule has 0 spiro atoms. The number of hydrogen-bond donors (Lipinski definition) is 1. The maximum absolute atomic E-state index is 11.7. The third-order valence-electron chi connectivity index (χ3n) is 3.08. The summed E-state index contributed by atoms with van der Waals surface area (Å²) in [5.74, 6) is 0.801. The number of carbonyl (C=O) groups excluding carboxylic acids is 1. The smallest absolute Gasteiger partial charge is 0.410 e. The van der Waals surface area contributed by atoms with Crippen LogP contribution in [0.15, 0.2) is 24.3 Å². The van der Waals surface area contributed by atoms with Crippen molar-refractivity contribution in [2.24, 2.45) is 5.73 Å². The van der Waals surface area contributed by atoms with Gasteiger partial charge in [0.2, 0.25) is 0 Å². The molecule has 5 heteroatoms. The zero-order chi connectivity index (χ0) is 13.2. The Morgan fingerprint density at radius 3 is 2.61 bits per heavy atom. The molecule has 18 heavy (non-hydrogen) atoms. The van der Waals surface area contributed by atoms with E-state index >= 15 is 0 Å². The van der Waals surface area contributed by atoms with Gasteiger partial charge < -0.3 is 15.2 Å². The van der Waals surface area contributed by atoms with Crippen molar-refractivity contribution in [1.82, 2.24) is 4.90 Å². The number of cyclic esters (lactones) is 1. The first-order valence-electron chi connectivity index (χ1n) is 5.87. The molecular formula is C13H18N2O3. The van der Waals surface area contributed by atoms with E-state index in [1.54, 1.807) is 12.0 Å². The Balaban J connectivity index is 2.03. The Hall–Kier alpha value is -1.75. The fourth-order valence-electron chi connectivity index (χ4n) is 1.95. The summed E-state index contributed by atoms with van der Waals surface area (Å²) in [5.41, 5.74) is 6.07. The molecule has 1 fully saturated rings. The summed E-state index contributed by atoms with van der Waals surface area (Å²) in [4.78, 5) is 13.4. The van der Waals surface area contributed by atoms with Crippen LogP contribution in [0.25, 0.3) is 0 Å². The predicted octanol–water partition coefficient (Wildman–Crippen LogP) is 1.36. The molecule has 5 nitrogen and oxygen atoms in total. The maximum Gasteiger partial charge on any atom is 0.410 e. The van der Waals surface area contributed by atoms with Gasteiger partial charge in [0.15, 0.2) is 0 Å². The van der Waals surface area contributed by atoms with Gasteiger partial charge >= 0.3 is 6.09 Å². The van der Waals surface area contributed by atoms with Crippen molar-refractivity contribution in [2.45, 2.75) is 19.1 Å². The van der Waals surface area contributed by atoms with Gasteiger partial charge in [-0.05, 0) is 24.6 Å². The van der Waals surface area contributed by atoms with Crippen molar-refractivity contribution in [1.29, 1.82) is 0 Å². The zero-order valence-corrected chi connectivity index (χ0v) is 10.7. The van der Waals surface area contributed by atoms with E-state index in [1.807, 2.05) is 31.2 Å². The minimum absolute atomic E-state index is 0.307. The highest BCUT2D eigenvalue weighted by Crippen LogP contribution is 2.23. The molecule has 1 amide bonds. The lowest BCUT2D eigenvalue weighted by Crippen LogP contribution is -2.38. The van der Waals surface area contributed by atoms with Gasteiger partial charge in [0.25, 0.3) is 0 Å². The molecule has 1 unspecified atom stereocenters. The topological polar surface area (TPSA) is 64.8 Å². The minimum atomic E-state index is -0.566. The number of hydrogen-bond acceptors (Lipinski definition) is 4. The summed E-state index contributed by atoms with van der Waals surface area (Å²) in [6.07, 6.45) is -0.307. The molecule has 98 valence electrons. The van der Waals surface area contributed by atoms with Crippen molar-refractivity contribution in [2.75, 3.05) is 20.2 Å². The highest BCUT2D eigenvalue weighted by Gasteiger charge is 2.40. The number of nitrogens with two attached hydrogens (primary N) is 1. The second-order valence-electron chi connectivity index (χ2n) is 4.73. The summed E-state index contributed by atoms with van der Waals surface area (Å²) < 4.78 is 10.4. The standard InChI is InChI=1S/C13H18N2O3/c1-13(8-14)9-15(12(16)18-13)7-10-3-5-11(17-2)6-4-10/h3-6H,7-9,14H2,1-2H3. The number of amides is 1. The Labute approximate surface area is 106 Å². The molecule has 1 aliphatic heterocycles. The molecule has 0 saturated carbocycles. The van der Waals surface area contributed by atoms with Crippen molar-refractivity contribution in [3.63, 3.8) is 0 Å². The summed E-state index contributed by atoms with van der Waals surface area (Å²) in [5, 5.41) is 0. The summed E-state index contributed by atoms with van der Waals surface area (Å²) in [7, 11) is 1.62. The lowest BCUT2D eigenvalue weighted by atomic mass is 10.1. The van der Waals surface area contributed by atoms with E-state index in [0.717, 1.165) is 11.3 Å². The quantitative estimate of drug-likeness (QED) is 0.876. The van der Waals surface area contributed by atoms with E-state index in [0.29, 0.717) is 19.6 Å². The van der Waals surface area contributed by atoms with Crippen LogP contribution in [0.5, 0.6) is 5.75 Å². The second-order valence-corrected chi connectivity index (χ2v) is 4.73. The van der Waals surface area contributed by atoms with Crippen molar-refractivity contribution in [3.8, 4) is 5.75 Å². The average molecular weight is 250 g/mol. The zero-order valence-electron chi connectivity index (χ0n) is 10.7. The molecule has 0 radical (unpaired) electrons. The van der Waals surface area contributed by atoms with Crippen LogP contribution in [0, 0.1) is 0 Å². The van der Waals surface area contributed by atoms with Crippen molar-refractivity contribution in [3.05, 3.63) is 29.8 Å². The van der Waals surface area contributed by atoms with Gasteiger partial charge in [-0.2, -0.15) is 0 Å². The van der Waals surface area contributed by atoms with Crippen LogP contribution >= 0.6 is 0 Å². The van der Waals surface area contributed by atoms with Gasteiger partial charge in [0.1, 0.15) is 11.4 Å². The highest BCUT2D eigenvalue weighted by atomic mass is 16.6. The van der Waals surface area contributed by atoms with Crippen LogP contribution in [0.4, 0.5) is 4.79 Å². The summed E-state index contributed by atoms with van der Waals surface area (Å²) in [6.45, 7) is 3.23. The van der Waals surface area contributed by atoms with Crippen LogP contribution in [0.1, 0.15) is 12.5 Å². The van der Waals surface area contributed by atoms with Gasteiger partial charge in [-0.3, -0.25) is 4.90 Å². The number of benzene rings is 1. The molecule has 2 N–H and O–H groups in total. The molecule has 0 bridgehead atoms. The van der Waals surface area contributed by atoms with Gasteiger partial charge in [0, 0.05) is 13.1 Å². The molecule has 1 aromatic carbocycles. The molecular weight excluding hydrogens is 232 g/mol. The fourth-order valence-corrected chi connectivity index (χ4v) is 1.95. The second kappa shape index (κ2) is 4.86. The van der Waals surface area contributed by atoms with E-state index in [-0.39, 0.29) is 6.09 Å². The molecule has 1 aliphatic rings. The molecule has 0 aromatic heterocycles. The number of carbonyl (C=O) groups is 1. The Morgan fingerprint density at radius 2 is 2.11 bits per heavy atom. The first-order valence-corrected chi connectivity index (χ1v) is 5.87. The third-order valence-corrected chi connectivity index (χ3v) is 3.08. The van der Waals surface area contributed by atoms with Crippen LogP contribution in [0.3, 0.4) is 0 Å². The normalized spacial score (nSPS) is 23.1. The molecule has 1 heterocycles. The number of nitrogens with zero attached hydrogens (tertiary/aromatic N) is 1. The Bertz CT molecular complexity index is 432. The van der Waals surface area contributed by atoms with Crippen LogP contribution in [-0.4, -0.2) is 36.8 Å². The van der Waals surface area contributed by atoms with Crippen molar-refractivity contribution < 1.29 is 14.3 Å². The highest BCUT2D eigenvalue weighted by molar-refractivity contribution is 5.70. The van der Waals surface area contributed by atoms with E-state index < -0.39 is 5.60 Å². The molecule has 1 saturated heterocycles. The number of rotatable bonds is 4. The molecule has 2 rings (SSSR count). The van der Waals surface area contributed by atoms with Gasteiger partial charge in [0.05, 0.1) is 13.7 Å². The number of methoxy groups -OCH3 is 1. The SMILES string of the molecule is COc1ccc(CN2CC(C)(CN)OC2=O)cc1. The Morgan fingerprint density at radius 1 is 1.44 bits per heavy atom. The van der Waals surface area contributed by atoms with Gasteiger partial charge in [-0.25, -0.2) is 4.79 Å². The maximum atomic E-state index is 11.7. The monoisotopic (exact) mass is 250 g/mol. The first-order chi connectivity index (χ1) is 8.56. The minimum Gasteiger partial charge on any atom is -0.497 e. The molecule has 1 atom stereocenters. The van der Waals surface area contributed by atoms with Gasteiger partial charge in [-0.15, -0.1) is 0 Å². The summed E-state index contributed by atoms with van der Waals surface area (Å²) >= 11 is 0. The Kier molecular flexibility index (Phi) is 3.43. The van der Waals surface area contributed by atoms with Crippen LogP contribution in [0.2, 0.25) is 0 Å². The van der Waals surface area contributed by atoms with Crippen LogP contribution in [-0.2, 0) is 11.3 Å².